The standard InChI is InChI=1S/C13H16N4O2/c1-8(14-13-15-9(2)17-19-13)11-5-4-6-12(7-11)16-10(3)18/h4-8H,1-3H3,(H,16,18)(H,14,15,17). The molecule has 6 heteroatoms. The van der Waals surface area contributed by atoms with E-state index in [0.29, 0.717) is 11.8 Å². The molecule has 1 amide bonds. The molecule has 1 unspecified atom stereocenters. The molecule has 0 bridgehead atoms. The number of hydrogen-bond donors (Lipinski definition) is 2. The molecular weight excluding hydrogens is 244 g/mol. The zero-order valence-corrected chi connectivity index (χ0v) is 11.1. The summed E-state index contributed by atoms with van der Waals surface area (Å²) >= 11 is 0. The molecule has 0 saturated heterocycles. The van der Waals surface area contributed by atoms with Gasteiger partial charge >= 0.3 is 6.01 Å². The Balaban J connectivity index is 2.10. The molecule has 19 heavy (non-hydrogen) atoms. The number of benzene rings is 1. The maximum atomic E-state index is 11.0. The van der Waals surface area contributed by atoms with Gasteiger partial charge in [0.2, 0.25) is 5.91 Å². The Kier molecular flexibility index (Phi) is 3.79. The molecule has 2 rings (SSSR count). The molecule has 0 radical (unpaired) electrons. The van der Waals surface area contributed by atoms with Crippen molar-refractivity contribution in [2.24, 2.45) is 0 Å². The van der Waals surface area contributed by atoms with Crippen LogP contribution in [0.4, 0.5) is 11.7 Å². The van der Waals surface area contributed by atoms with Crippen molar-refractivity contribution in [3.8, 4) is 0 Å². The molecule has 0 aliphatic rings. The fourth-order valence-electron chi connectivity index (χ4n) is 1.71. The summed E-state index contributed by atoms with van der Waals surface area (Å²) in [6, 6.07) is 7.98. The first-order valence-electron chi connectivity index (χ1n) is 5.99. The van der Waals surface area contributed by atoms with E-state index in [1.165, 1.54) is 6.92 Å². The third-order valence-corrected chi connectivity index (χ3v) is 2.57. The number of amides is 1. The zero-order valence-electron chi connectivity index (χ0n) is 11.1. The Bertz CT molecular complexity index is 580. The number of hydrogen-bond acceptors (Lipinski definition) is 5. The summed E-state index contributed by atoms with van der Waals surface area (Å²) in [6.45, 7) is 5.22. The molecule has 100 valence electrons. The van der Waals surface area contributed by atoms with Crippen molar-refractivity contribution in [3.05, 3.63) is 35.7 Å². The van der Waals surface area contributed by atoms with E-state index in [2.05, 4.69) is 20.8 Å². The Morgan fingerprint density at radius 3 is 2.84 bits per heavy atom. The average Bonchev–Trinajstić information content (AvgIpc) is 2.74. The smallest absolute Gasteiger partial charge is 0.321 e. The van der Waals surface area contributed by atoms with Crippen molar-refractivity contribution in [3.63, 3.8) is 0 Å². The molecular formula is C13H16N4O2. The van der Waals surface area contributed by atoms with Crippen LogP contribution >= 0.6 is 0 Å². The van der Waals surface area contributed by atoms with E-state index in [1.54, 1.807) is 6.92 Å². The summed E-state index contributed by atoms with van der Waals surface area (Å²) in [5.74, 6) is 0.493. The molecule has 6 nitrogen and oxygen atoms in total. The van der Waals surface area contributed by atoms with Gasteiger partial charge in [-0.2, -0.15) is 4.98 Å². The second kappa shape index (κ2) is 5.51. The molecule has 0 saturated carbocycles. The number of aryl methyl sites for hydroxylation is 1. The summed E-state index contributed by atoms with van der Waals surface area (Å²) in [7, 11) is 0. The highest BCUT2D eigenvalue weighted by Gasteiger charge is 2.10. The normalized spacial score (nSPS) is 11.9. The Morgan fingerprint density at radius 2 is 2.21 bits per heavy atom. The first kappa shape index (κ1) is 13.1. The Labute approximate surface area is 111 Å². The van der Waals surface area contributed by atoms with Gasteiger partial charge in [-0.05, 0) is 31.5 Å². The molecule has 1 aromatic heterocycles. The quantitative estimate of drug-likeness (QED) is 0.882. The largest absolute Gasteiger partial charge is 0.331 e. The fraction of sp³-hybridized carbons (Fsp3) is 0.308. The average molecular weight is 260 g/mol. The van der Waals surface area contributed by atoms with Crippen LogP contribution < -0.4 is 10.6 Å². The van der Waals surface area contributed by atoms with Crippen LogP contribution in [0.15, 0.2) is 28.8 Å². The van der Waals surface area contributed by atoms with Crippen LogP contribution in [-0.4, -0.2) is 16.0 Å². The van der Waals surface area contributed by atoms with Gasteiger partial charge in [-0.25, -0.2) is 0 Å². The summed E-state index contributed by atoms with van der Waals surface area (Å²) in [5.41, 5.74) is 1.78. The minimum Gasteiger partial charge on any atom is -0.331 e. The highest BCUT2D eigenvalue weighted by Crippen LogP contribution is 2.20. The van der Waals surface area contributed by atoms with Gasteiger partial charge in [0.15, 0.2) is 5.82 Å². The summed E-state index contributed by atoms with van der Waals surface area (Å²) in [6.07, 6.45) is 0. The highest BCUT2D eigenvalue weighted by molar-refractivity contribution is 5.88. The van der Waals surface area contributed by atoms with E-state index in [1.807, 2.05) is 31.2 Å². The lowest BCUT2D eigenvalue weighted by Crippen LogP contribution is -2.09. The second-order valence-corrected chi connectivity index (χ2v) is 4.32. The van der Waals surface area contributed by atoms with Gasteiger partial charge in [0.05, 0.1) is 6.04 Å². The van der Waals surface area contributed by atoms with Gasteiger partial charge in [-0.1, -0.05) is 17.3 Å². The summed E-state index contributed by atoms with van der Waals surface area (Å²) < 4.78 is 5.01. The van der Waals surface area contributed by atoms with Crippen LogP contribution in [0.1, 0.15) is 31.3 Å². The van der Waals surface area contributed by atoms with Gasteiger partial charge in [-0.3, -0.25) is 4.79 Å². The maximum Gasteiger partial charge on any atom is 0.321 e. The van der Waals surface area contributed by atoms with E-state index in [0.717, 1.165) is 11.3 Å². The number of aromatic nitrogens is 2. The van der Waals surface area contributed by atoms with Gasteiger partial charge in [0.1, 0.15) is 0 Å². The summed E-state index contributed by atoms with van der Waals surface area (Å²) in [4.78, 5) is 15.1. The number of nitrogens with zero attached hydrogens (tertiary/aromatic N) is 2. The molecule has 0 spiro atoms. The number of nitrogens with one attached hydrogen (secondary N) is 2. The van der Waals surface area contributed by atoms with Crippen LogP contribution in [0.3, 0.4) is 0 Å². The molecule has 0 fully saturated rings. The minimum atomic E-state index is -0.0923. The van der Waals surface area contributed by atoms with Crippen molar-refractivity contribution in [1.29, 1.82) is 0 Å². The van der Waals surface area contributed by atoms with Crippen LogP contribution in [0, 0.1) is 6.92 Å². The molecule has 1 heterocycles. The van der Waals surface area contributed by atoms with E-state index in [-0.39, 0.29) is 11.9 Å². The van der Waals surface area contributed by atoms with Gasteiger partial charge in [0.25, 0.3) is 0 Å². The van der Waals surface area contributed by atoms with Gasteiger partial charge < -0.3 is 15.2 Å². The topological polar surface area (TPSA) is 80.0 Å². The van der Waals surface area contributed by atoms with Crippen molar-refractivity contribution in [2.45, 2.75) is 26.8 Å². The number of rotatable bonds is 4. The van der Waals surface area contributed by atoms with E-state index in [4.69, 9.17) is 4.52 Å². The Morgan fingerprint density at radius 1 is 1.42 bits per heavy atom. The molecule has 0 aliphatic carbocycles. The van der Waals surface area contributed by atoms with Crippen LogP contribution in [0.5, 0.6) is 0 Å². The predicted octanol–water partition coefficient (Wildman–Crippen LogP) is 2.51. The van der Waals surface area contributed by atoms with Gasteiger partial charge in [0, 0.05) is 12.6 Å². The van der Waals surface area contributed by atoms with Crippen molar-refractivity contribution >= 4 is 17.6 Å². The van der Waals surface area contributed by atoms with Crippen molar-refractivity contribution < 1.29 is 9.32 Å². The van der Waals surface area contributed by atoms with E-state index >= 15 is 0 Å². The molecule has 2 aromatic rings. The molecule has 2 N–H and O–H groups in total. The monoisotopic (exact) mass is 260 g/mol. The first-order valence-corrected chi connectivity index (χ1v) is 5.99. The van der Waals surface area contributed by atoms with Crippen LogP contribution in [0.25, 0.3) is 0 Å². The van der Waals surface area contributed by atoms with E-state index < -0.39 is 0 Å². The molecule has 1 atom stereocenters. The third kappa shape index (κ3) is 3.54. The summed E-state index contributed by atoms with van der Waals surface area (Å²) in [5, 5.41) is 9.57. The maximum absolute atomic E-state index is 11.0. The van der Waals surface area contributed by atoms with Gasteiger partial charge in [-0.15, -0.1) is 0 Å². The fourth-order valence-corrected chi connectivity index (χ4v) is 1.71. The van der Waals surface area contributed by atoms with Crippen LogP contribution in [0.2, 0.25) is 0 Å². The number of carbonyl (C=O) groups is 1. The lowest BCUT2D eigenvalue weighted by Gasteiger charge is -2.13. The molecule has 1 aromatic carbocycles. The SMILES string of the molecule is CC(=O)Nc1cccc(C(C)Nc2nc(C)no2)c1. The lowest BCUT2D eigenvalue weighted by atomic mass is 10.1. The van der Waals surface area contributed by atoms with Crippen LogP contribution in [-0.2, 0) is 4.79 Å². The third-order valence-electron chi connectivity index (χ3n) is 2.57. The zero-order chi connectivity index (χ0) is 13.8. The minimum absolute atomic E-state index is 0.00596. The number of carbonyl (C=O) groups excluding carboxylic acids is 1. The van der Waals surface area contributed by atoms with E-state index in [9.17, 15) is 4.79 Å². The first-order chi connectivity index (χ1) is 9.04. The predicted molar refractivity (Wildman–Crippen MR) is 71.8 cm³/mol. The highest BCUT2D eigenvalue weighted by atomic mass is 16.5. The lowest BCUT2D eigenvalue weighted by molar-refractivity contribution is -0.114. The van der Waals surface area contributed by atoms with Crippen molar-refractivity contribution in [1.82, 2.24) is 10.1 Å². The second-order valence-electron chi connectivity index (χ2n) is 4.32. The Hall–Kier alpha value is -2.37. The molecule has 0 aliphatic heterocycles. The van der Waals surface area contributed by atoms with Crippen molar-refractivity contribution in [2.75, 3.05) is 10.6 Å². The number of anilines is 2.